The predicted octanol–water partition coefficient (Wildman–Crippen LogP) is 5.82. The smallest absolute Gasteiger partial charge is 0.293 e. The van der Waals surface area contributed by atoms with Crippen LogP contribution in [0.2, 0.25) is 0 Å². The molecule has 0 bridgehead atoms. The third-order valence-electron chi connectivity index (χ3n) is 4.48. The Labute approximate surface area is 141 Å². The summed E-state index contributed by atoms with van der Waals surface area (Å²) >= 11 is 0. The molecule has 1 aromatic rings. The Hall–Kier alpha value is -1.35. The zero-order chi connectivity index (χ0) is 17.1. The van der Waals surface area contributed by atoms with Gasteiger partial charge >= 0.3 is 5.97 Å². The number of carbonyl (C=O) groups is 1. The highest BCUT2D eigenvalue weighted by molar-refractivity contribution is 5.91. The van der Waals surface area contributed by atoms with Crippen LogP contribution in [0, 0.1) is 0 Å². The Balaban J connectivity index is 2.41. The van der Waals surface area contributed by atoms with Crippen LogP contribution in [0.5, 0.6) is 0 Å². The number of carbonyl (C=O) groups excluding carboxylic acids is 1. The average molecular weight is 320 g/mol. The van der Waals surface area contributed by atoms with Gasteiger partial charge in [-0.1, -0.05) is 78.0 Å². The van der Waals surface area contributed by atoms with Gasteiger partial charge in [-0.25, -0.2) is 4.79 Å². The van der Waals surface area contributed by atoms with Crippen molar-refractivity contribution in [2.45, 2.75) is 78.1 Å². The SMILES string of the molecule is CCCCCCCCOOC(=O)c1ccccc1C(C)(C)CC. The quantitative estimate of drug-likeness (QED) is 0.292. The maximum atomic E-state index is 12.3. The summed E-state index contributed by atoms with van der Waals surface area (Å²) in [5.41, 5.74) is 1.55. The van der Waals surface area contributed by atoms with E-state index in [1.54, 1.807) is 0 Å². The van der Waals surface area contributed by atoms with E-state index >= 15 is 0 Å². The summed E-state index contributed by atoms with van der Waals surface area (Å²) in [6.07, 6.45) is 8.04. The molecule has 0 N–H and O–H groups in total. The fraction of sp³-hybridized carbons (Fsp3) is 0.650. The molecule has 3 nitrogen and oxygen atoms in total. The summed E-state index contributed by atoms with van der Waals surface area (Å²) in [6, 6.07) is 7.62. The first-order chi connectivity index (χ1) is 11.0. The van der Waals surface area contributed by atoms with E-state index in [0.717, 1.165) is 24.8 Å². The van der Waals surface area contributed by atoms with Crippen LogP contribution in [-0.4, -0.2) is 12.6 Å². The third kappa shape index (κ3) is 6.74. The maximum absolute atomic E-state index is 12.3. The second-order valence-electron chi connectivity index (χ2n) is 6.74. The van der Waals surface area contributed by atoms with Crippen LogP contribution in [0.4, 0.5) is 0 Å². The standard InChI is InChI=1S/C20H32O3/c1-5-7-8-9-10-13-16-22-23-19(21)17-14-11-12-15-18(17)20(3,4)6-2/h11-12,14-15H,5-10,13,16H2,1-4H3. The van der Waals surface area contributed by atoms with Gasteiger partial charge in [0.05, 0.1) is 12.2 Å². The van der Waals surface area contributed by atoms with E-state index in [2.05, 4.69) is 27.7 Å². The minimum absolute atomic E-state index is 0.0606. The van der Waals surface area contributed by atoms with Gasteiger partial charge in [0.15, 0.2) is 0 Å². The van der Waals surface area contributed by atoms with Gasteiger partial charge in [0.2, 0.25) is 0 Å². The molecule has 130 valence electrons. The van der Waals surface area contributed by atoms with Crippen molar-refractivity contribution < 1.29 is 14.6 Å². The lowest BCUT2D eigenvalue weighted by molar-refractivity contribution is -0.241. The molecule has 0 atom stereocenters. The lowest BCUT2D eigenvalue weighted by Gasteiger charge is -2.25. The Morgan fingerprint density at radius 2 is 1.65 bits per heavy atom. The molecule has 0 heterocycles. The van der Waals surface area contributed by atoms with E-state index in [1.165, 1.54) is 25.7 Å². The molecule has 1 aromatic carbocycles. The molecule has 23 heavy (non-hydrogen) atoms. The van der Waals surface area contributed by atoms with Crippen molar-refractivity contribution in [1.29, 1.82) is 0 Å². The first kappa shape index (κ1) is 19.7. The second-order valence-corrected chi connectivity index (χ2v) is 6.74. The summed E-state index contributed by atoms with van der Waals surface area (Å²) in [7, 11) is 0. The molecule has 3 heteroatoms. The molecule has 0 saturated carbocycles. The number of hydrogen-bond acceptors (Lipinski definition) is 3. The van der Waals surface area contributed by atoms with Crippen molar-refractivity contribution in [3.05, 3.63) is 35.4 Å². The molecule has 0 aliphatic rings. The number of hydrogen-bond donors (Lipinski definition) is 0. The van der Waals surface area contributed by atoms with Gasteiger partial charge < -0.3 is 0 Å². The van der Waals surface area contributed by atoms with Gasteiger partial charge in [0.25, 0.3) is 0 Å². The molecule has 0 unspecified atom stereocenters. The van der Waals surface area contributed by atoms with Crippen LogP contribution in [0.3, 0.4) is 0 Å². The van der Waals surface area contributed by atoms with Gasteiger partial charge in [-0.15, -0.1) is 0 Å². The lowest BCUT2D eigenvalue weighted by Crippen LogP contribution is -2.21. The van der Waals surface area contributed by atoms with Crippen LogP contribution in [0.25, 0.3) is 0 Å². The molecule has 0 saturated heterocycles. The van der Waals surface area contributed by atoms with Crippen LogP contribution < -0.4 is 0 Å². The summed E-state index contributed by atoms with van der Waals surface area (Å²) in [6.45, 7) is 9.07. The monoisotopic (exact) mass is 320 g/mol. The first-order valence-corrected chi connectivity index (χ1v) is 8.96. The minimum Gasteiger partial charge on any atom is -0.293 e. The van der Waals surface area contributed by atoms with Gasteiger partial charge in [-0.3, -0.25) is 4.89 Å². The molecule has 0 aliphatic heterocycles. The molecule has 0 fully saturated rings. The van der Waals surface area contributed by atoms with Crippen molar-refractivity contribution >= 4 is 5.97 Å². The highest BCUT2D eigenvalue weighted by Crippen LogP contribution is 2.29. The van der Waals surface area contributed by atoms with Crippen molar-refractivity contribution in [2.24, 2.45) is 0 Å². The number of benzene rings is 1. The van der Waals surface area contributed by atoms with Crippen LogP contribution >= 0.6 is 0 Å². The van der Waals surface area contributed by atoms with Crippen LogP contribution in [0.1, 0.15) is 88.6 Å². The number of rotatable bonds is 11. The fourth-order valence-corrected chi connectivity index (χ4v) is 2.52. The highest BCUT2D eigenvalue weighted by atomic mass is 17.2. The topological polar surface area (TPSA) is 35.5 Å². The maximum Gasteiger partial charge on any atom is 0.373 e. The van der Waals surface area contributed by atoms with Gasteiger partial charge in [-0.05, 0) is 29.9 Å². The summed E-state index contributed by atoms with van der Waals surface area (Å²) in [4.78, 5) is 22.4. The zero-order valence-electron chi connectivity index (χ0n) is 15.2. The van der Waals surface area contributed by atoms with Gasteiger partial charge in [-0.2, -0.15) is 4.89 Å². The van der Waals surface area contributed by atoms with E-state index in [9.17, 15) is 4.79 Å². The molecular formula is C20H32O3. The minimum atomic E-state index is -0.395. The third-order valence-corrected chi connectivity index (χ3v) is 4.48. The molecule has 0 radical (unpaired) electrons. The van der Waals surface area contributed by atoms with Crippen LogP contribution in [-0.2, 0) is 15.2 Å². The Bertz CT molecular complexity index is 466. The van der Waals surface area contributed by atoms with Crippen molar-refractivity contribution in [2.75, 3.05) is 6.61 Å². The largest absolute Gasteiger partial charge is 0.373 e. The van der Waals surface area contributed by atoms with E-state index in [1.807, 2.05) is 24.3 Å². The first-order valence-electron chi connectivity index (χ1n) is 8.96. The van der Waals surface area contributed by atoms with E-state index < -0.39 is 5.97 Å². The number of unbranched alkanes of at least 4 members (excludes halogenated alkanes) is 5. The molecular weight excluding hydrogens is 288 g/mol. The molecule has 0 aromatic heterocycles. The fourth-order valence-electron chi connectivity index (χ4n) is 2.52. The Morgan fingerprint density at radius 3 is 2.35 bits per heavy atom. The highest BCUT2D eigenvalue weighted by Gasteiger charge is 2.25. The Kier molecular flexibility index (Phi) is 8.93. The Morgan fingerprint density at radius 1 is 1.00 bits per heavy atom. The van der Waals surface area contributed by atoms with Gasteiger partial charge in [0, 0.05) is 0 Å². The molecule has 0 aliphatic carbocycles. The van der Waals surface area contributed by atoms with Gasteiger partial charge in [0.1, 0.15) is 0 Å². The van der Waals surface area contributed by atoms with Crippen molar-refractivity contribution in [1.82, 2.24) is 0 Å². The van der Waals surface area contributed by atoms with Crippen LogP contribution in [0.15, 0.2) is 24.3 Å². The van der Waals surface area contributed by atoms with E-state index in [0.29, 0.717) is 12.2 Å². The molecule has 0 spiro atoms. The van der Waals surface area contributed by atoms with E-state index in [4.69, 9.17) is 9.78 Å². The summed E-state index contributed by atoms with van der Waals surface area (Å²) in [5, 5.41) is 0. The zero-order valence-corrected chi connectivity index (χ0v) is 15.2. The van der Waals surface area contributed by atoms with Crippen molar-refractivity contribution in [3.63, 3.8) is 0 Å². The van der Waals surface area contributed by atoms with E-state index in [-0.39, 0.29) is 5.41 Å². The molecule has 1 rings (SSSR count). The lowest BCUT2D eigenvalue weighted by atomic mass is 9.80. The second kappa shape index (κ2) is 10.4. The normalized spacial score (nSPS) is 11.5. The van der Waals surface area contributed by atoms with Crippen molar-refractivity contribution in [3.8, 4) is 0 Å². The summed E-state index contributed by atoms with van der Waals surface area (Å²) in [5.74, 6) is -0.395. The molecule has 0 amide bonds. The average Bonchev–Trinajstić information content (AvgIpc) is 2.57. The predicted molar refractivity (Wildman–Crippen MR) is 94.5 cm³/mol. The summed E-state index contributed by atoms with van der Waals surface area (Å²) < 4.78 is 0.